The summed E-state index contributed by atoms with van der Waals surface area (Å²) in [6, 6.07) is 10.8. The summed E-state index contributed by atoms with van der Waals surface area (Å²) in [6.07, 6.45) is 0.411. The highest BCUT2D eigenvalue weighted by Gasteiger charge is 2.49. The van der Waals surface area contributed by atoms with E-state index in [2.05, 4.69) is 15.1 Å². The van der Waals surface area contributed by atoms with Gasteiger partial charge in [0.05, 0.1) is 13.2 Å². The predicted molar refractivity (Wildman–Crippen MR) is 128 cm³/mol. The number of carbonyl (C=O) groups is 2. The number of amides is 2. The van der Waals surface area contributed by atoms with E-state index in [1.165, 1.54) is 4.90 Å². The lowest BCUT2D eigenvalue weighted by atomic mass is 9.77. The number of hydrogen-bond donors (Lipinski definition) is 1. The van der Waals surface area contributed by atoms with Crippen molar-refractivity contribution in [3.05, 3.63) is 47.0 Å². The Balaban J connectivity index is 1.46. The summed E-state index contributed by atoms with van der Waals surface area (Å²) in [4.78, 5) is 30.6. The van der Waals surface area contributed by atoms with E-state index >= 15 is 0 Å². The van der Waals surface area contributed by atoms with Gasteiger partial charge in [-0.15, -0.1) is 10.2 Å². The molecule has 0 radical (unpaired) electrons. The van der Waals surface area contributed by atoms with Gasteiger partial charge in [0.15, 0.2) is 5.82 Å². The fourth-order valence-corrected chi connectivity index (χ4v) is 5.27. The van der Waals surface area contributed by atoms with E-state index in [1.54, 1.807) is 20.2 Å². The molecule has 0 saturated carbocycles. The molecule has 2 amide bonds. The number of piperidine rings is 1. The molecule has 3 heterocycles. The molecule has 1 aromatic heterocycles. The Morgan fingerprint density at radius 1 is 1.15 bits per heavy atom. The van der Waals surface area contributed by atoms with Crippen LogP contribution < -0.4 is 9.64 Å². The highest BCUT2D eigenvalue weighted by Crippen LogP contribution is 2.39. The lowest BCUT2D eigenvalue weighted by molar-refractivity contribution is -0.135. The lowest BCUT2D eigenvalue weighted by Gasteiger charge is -2.35. The maximum absolute atomic E-state index is 13.5. The quantitative estimate of drug-likeness (QED) is 0.691. The van der Waals surface area contributed by atoms with Crippen LogP contribution in [-0.4, -0.2) is 83.5 Å². The maximum Gasteiger partial charge on any atom is 0.407 e. The Kier molecular flexibility index (Phi) is 6.84. The smallest absolute Gasteiger partial charge is 0.407 e. The van der Waals surface area contributed by atoms with Crippen LogP contribution in [0.5, 0.6) is 5.88 Å². The van der Waals surface area contributed by atoms with Crippen LogP contribution in [0.15, 0.2) is 36.4 Å². The zero-order valence-corrected chi connectivity index (χ0v) is 20.4. The monoisotopic (exact) mass is 487 g/mol. The number of aromatic nitrogens is 2. The molecular formula is C24H30ClN5O4. The first-order valence-corrected chi connectivity index (χ1v) is 11.7. The number of methoxy groups -OCH3 is 1. The molecule has 2 fully saturated rings. The third-order valence-corrected chi connectivity index (χ3v) is 7.49. The van der Waals surface area contributed by atoms with Gasteiger partial charge in [-0.05, 0) is 36.6 Å². The highest BCUT2D eigenvalue weighted by molar-refractivity contribution is 6.30. The van der Waals surface area contributed by atoms with Crippen molar-refractivity contribution in [3.8, 4) is 5.88 Å². The van der Waals surface area contributed by atoms with Crippen molar-refractivity contribution in [1.29, 1.82) is 0 Å². The van der Waals surface area contributed by atoms with Crippen LogP contribution in [-0.2, 0) is 10.2 Å². The van der Waals surface area contributed by atoms with Gasteiger partial charge in [0.1, 0.15) is 0 Å². The molecule has 0 bridgehead atoms. The summed E-state index contributed by atoms with van der Waals surface area (Å²) >= 11 is 6.08. The fourth-order valence-electron chi connectivity index (χ4n) is 5.15. The van der Waals surface area contributed by atoms with Crippen molar-refractivity contribution in [2.24, 2.45) is 5.92 Å². The number of likely N-dealkylation sites (tertiary alicyclic amines) is 1. The van der Waals surface area contributed by atoms with Gasteiger partial charge in [-0.3, -0.25) is 4.79 Å². The lowest BCUT2D eigenvalue weighted by Crippen LogP contribution is -2.48. The largest absolute Gasteiger partial charge is 0.480 e. The Morgan fingerprint density at radius 3 is 2.38 bits per heavy atom. The number of benzene rings is 1. The first-order chi connectivity index (χ1) is 16.2. The number of anilines is 1. The molecule has 34 heavy (non-hydrogen) atoms. The molecule has 2 atom stereocenters. The van der Waals surface area contributed by atoms with Crippen molar-refractivity contribution in [2.75, 3.05) is 45.2 Å². The normalized spacial score (nSPS) is 23.1. The van der Waals surface area contributed by atoms with Gasteiger partial charge in [0, 0.05) is 55.6 Å². The van der Waals surface area contributed by atoms with Crippen LogP contribution in [0.1, 0.15) is 25.3 Å². The van der Waals surface area contributed by atoms with Gasteiger partial charge in [-0.2, -0.15) is 0 Å². The predicted octanol–water partition coefficient (Wildman–Crippen LogP) is 3.13. The van der Waals surface area contributed by atoms with Crippen molar-refractivity contribution >= 4 is 29.4 Å². The maximum atomic E-state index is 13.5. The van der Waals surface area contributed by atoms with Crippen LogP contribution in [0.2, 0.25) is 5.02 Å². The van der Waals surface area contributed by atoms with Crippen LogP contribution in [0, 0.1) is 5.92 Å². The molecule has 4 rings (SSSR count). The number of rotatable bonds is 5. The minimum Gasteiger partial charge on any atom is -0.480 e. The molecule has 0 aliphatic carbocycles. The van der Waals surface area contributed by atoms with E-state index in [-0.39, 0.29) is 17.9 Å². The molecule has 1 aromatic carbocycles. The Bertz CT molecular complexity index is 1030. The van der Waals surface area contributed by atoms with Crippen LogP contribution in [0.25, 0.3) is 0 Å². The minimum absolute atomic E-state index is 0.0851. The van der Waals surface area contributed by atoms with Crippen LogP contribution in [0.4, 0.5) is 10.6 Å². The van der Waals surface area contributed by atoms with Crippen molar-refractivity contribution < 1.29 is 19.4 Å². The number of hydrogen-bond acceptors (Lipinski definition) is 6. The third kappa shape index (κ3) is 4.61. The summed E-state index contributed by atoms with van der Waals surface area (Å²) in [5.41, 5.74) is 0.436. The number of likely N-dealkylation sites (N-methyl/N-ethyl adjacent to an activating group) is 1. The summed E-state index contributed by atoms with van der Waals surface area (Å²) < 4.78 is 5.07. The first-order valence-electron chi connectivity index (χ1n) is 11.4. The summed E-state index contributed by atoms with van der Waals surface area (Å²) in [7, 11) is 3.12. The van der Waals surface area contributed by atoms with E-state index < -0.39 is 11.5 Å². The average Bonchev–Trinajstić information content (AvgIpc) is 3.22. The van der Waals surface area contributed by atoms with Gasteiger partial charge in [0.2, 0.25) is 11.8 Å². The van der Waals surface area contributed by atoms with Crippen molar-refractivity contribution in [3.63, 3.8) is 0 Å². The standard InChI is InChI=1S/C24H30ClN5O4/c1-24(17-4-6-18(25)7-5-17)15-30(14-19(24)28(2)23(32)33)22(31)16-10-12-29(13-11-16)20-8-9-21(34-3)27-26-20/h4-9,16,19H,10-15H2,1-3H3,(H,32,33)/t19-,24+/m1/s1. The highest BCUT2D eigenvalue weighted by atomic mass is 35.5. The van der Waals surface area contributed by atoms with Crippen molar-refractivity contribution in [2.45, 2.75) is 31.2 Å². The molecule has 9 nitrogen and oxygen atoms in total. The molecule has 0 spiro atoms. The Morgan fingerprint density at radius 2 is 1.82 bits per heavy atom. The SMILES string of the molecule is COc1ccc(N2CCC(C(=O)N3C[C@@H](N(C)C(=O)O)[C@](C)(c4ccc(Cl)cc4)C3)CC2)nn1. The average molecular weight is 488 g/mol. The van der Waals surface area contributed by atoms with E-state index in [1.807, 2.05) is 42.2 Å². The molecule has 2 aromatic rings. The Hall–Kier alpha value is -3.07. The molecule has 2 aliphatic heterocycles. The number of carbonyl (C=O) groups excluding carboxylic acids is 1. The zero-order chi connectivity index (χ0) is 24.5. The van der Waals surface area contributed by atoms with E-state index in [0.29, 0.717) is 49.9 Å². The number of halogens is 1. The Labute approximate surface area is 204 Å². The molecule has 182 valence electrons. The molecule has 1 N–H and O–H groups in total. The van der Waals surface area contributed by atoms with Gasteiger partial charge in [-0.1, -0.05) is 30.7 Å². The zero-order valence-electron chi connectivity index (χ0n) is 19.6. The van der Waals surface area contributed by atoms with Crippen molar-refractivity contribution in [1.82, 2.24) is 20.0 Å². The molecule has 0 unspecified atom stereocenters. The van der Waals surface area contributed by atoms with E-state index in [4.69, 9.17) is 16.3 Å². The van der Waals surface area contributed by atoms with Crippen LogP contribution in [0.3, 0.4) is 0 Å². The minimum atomic E-state index is -1.01. The molecule has 2 saturated heterocycles. The molecule has 10 heteroatoms. The number of nitrogens with zero attached hydrogens (tertiary/aromatic N) is 5. The fraction of sp³-hybridized carbons (Fsp3) is 0.500. The number of ether oxygens (including phenoxy) is 1. The second-order valence-corrected chi connectivity index (χ2v) is 9.68. The van der Waals surface area contributed by atoms with Crippen LogP contribution >= 0.6 is 11.6 Å². The third-order valence-electron chi connectivity index (χ3n) is 7.24. The molecular weight excluding hydrogens is 458 g/mol. The topological polar surface area (TPSA) is 99.1 Å². The summed E-state index contributed by atoms with van der Waals surface area (Å²) in [5, 5.41) is 18.5. The van der Waals surface area contributed by atoms with E-state index in [0.717, 1.165) is 11.4 Å². The van der Waals surface area contributed by atoms with Gasteiger partial charge in [0.25, 0.3) is 0 Å². The second kappa shape index (κ2) is 9.66. The summed E-state index contributed by atoms with van der Waals surface area (Å²) in [5.74, 6) is 1.21. The molecule has 2 aliphatic rings. The van der Waals surface area contributed by atoms with Gasteiger partial charge in [-0.25, -0.2) is 4.79 Å². The van der Waals surface area contributed by atoms with Gasteiger partial charge < -0.3 is 24.5 Å². The first kappa shape index (κ1) is 24.1. The van der Waals surface area contributed by atoms with E-state index in [9.17, 15) is 14.7 Å². The summed E-state index contributed by atoms with van der Waals surface area (Å²) in [6.45, 7) is 4.26. The number of carboxylic acid groups (broad SMARTS) is 1. The van der Waals surface area contributed by atoms with Gasteiger partial charge >= 0.3 is 6.09 Å². The second-order valence-electron chi connectivity index (χ2n) is 9.25.